The van der Waals surface area contributed by atoms with Crippen LogP contribution in [0.15, 0.2) is 82.5 Å². The molecule has 4 fully saturated rings. The molecule has 0 N–H and O–H groups in total. The van der Waals surface area contributed by atoms with Gasteiger partial charge in [0.1, 0.15) is 11.2 Å². The van der Waals surface area contributed by atoms with Gasteiger partial charge in [-0.3, -0.25) is 9.59 Å². The summed E-state index contributed by atoms with van der Waals surface area (Å²) in [6, 6.07) is 15.8. The molecule has 2 aliphatic carbocycles. The van der Waals surface area contributed by atoms with Crippen LogP contribution >= 0.6 is 0 Å². The van der Waals surface area contributed by atoms with Gasteiger partial charge < -0.3 is 37.9 Å². The number of nitrogens with zero attached hydrogens (tertiary/aromatic N) is 6. The lowest BCUT2D eigenvalue weighted by Crippen LogP contribution is -2.54. The first-order valence-electron chi connectivity index (χ1n) is 22.0. The predicted molar refractivity (Wildman–Crippen MR) is 233 cm³/mol. The summed E-state index contributed by atoms with van der Waals surface area (Å²) in [6.45, 7) is 17.9. The van der Waals surface area contributed by atoms with Gasteiger partial charge >= 0.3 is 12.2 Å². The Balaban J connectivity index is 0.000000186. The van der Waals surface area contributed by atoms with E-state index in [-0.39, 0.29) is 47.9 Å². The van der Waals surface area contributed by atoms with E-state index in [1.807, 2.05) is 90.1 Å². The van der Waals surface area contributed by atoms with Gasteiger partial charge in [0.25, 0.3) is 11.8 Å². The highest BCUT2D eigenvalue weighted by Gasteiger charge is 2.44. The lowest BCUT2D eigenvalue weighted by molar-refractivity contribution is 0.00296. The summed E-state index contributed by atoms with van der Waals surface area (Å²) >= 11 is 0. The fourth-order valence-corrected chi connectivity index (χ4v) is 8.53. The van der Waals surface area contributed by atoms with Crippen molar-refractivity contribution in [1.82, 2.24) is 29.6 Å². The molecule has 14 heteroatoms. The zero-order valence-corrected chi connectivity index (χ0v) is 37.4. The standard InChI is InChI=1S/2C24H31N3O4/c2*1-16-14-26(23(29)31-24(2,3)4)12-11-20(16)27(19-9-10-19)22(28)18-7-5-17(6-8-18)21-13-25-15-30-21/h2*5-8,13,15-16,19-20H,9-12,14H2,1-4H3/t2*16-,20+/m10/s1. The first-order valence-corrected chi connectivity index (χ1v) is 22.0. The molecule has 8 rings (SSSR count). The average Bonchev–Trinajstić information content (AvgIpc) is 4.12. The van der Waals surface area contributed by atoms with Gasteiger partial charge in [0, 0.05) is 72.6 Å². The van der Waals surface area contributed by atoms with Crippen LogP contribution in [-0.4, -0.2) is 115 Å². The Morgan fingerprint density at radius 3 is 1.21 bits per heavy atom. The maximum absolute atomic E-state index is 13.5. The number of carbonyl (C=O) groups excluding carboxylic acids is 4. The van der Waals surface area contributed by atoms with Crippen LogP contribution in [0.3, 0.4) is 0 Å². The van der Waals surface area contributed by atoms with Gasteiger partial charge in [0.05, 0.1) is 12.4 Å². The van der Waals surface area contributed by atoms with Crippen LogP contribution in [0, 0.1) is 11.8 Å². The van der Waals surface area contributed by atoms with Crippen molar-refractivity contribution in [3.05, 3.63) is 84.8 Å². The molecule has 0 unspecified atom stereocenters. The number of benzene rings is 2. The number of carbonyl (C=O) groups is 4. The highest BCUT2D eigenvalue weighted by Crippen LogP contribution is 2.37. The van der Waals surface area contributed by atoms with Gasteiger partial charge in [-0.05, 0) is 116 Å². The number of hydrogen-bond donors (Lipinski definition) is 0. The summed E-state index contributed by atoms with van der Waals surface area (Å²) < 4.78 is 21.7. The molecule has 4 atom stereocenters. The van der Waals surface area contributed by atoms with E-state index < -0.39 is 11.2 Å². The van der Waals surface area contributed by atoms with E-state index >= 15 is 0 Å². The average molecular weight is 851 g/mol. The second-order valence-corrected chi connectivity index (χ2v) is 19.3. The molecule has 2 aliphatic heterocycles. The Kier molecular flexibility index (Phi) is 13.1. The van der Waals surface area contributed by atoms with Crippen LogP contribution in [-0.2, 0) is 9.47 Å². The minimum atomic E-state index is -0.509. The molecular formula is C48H62N6O8. The third-order valence-corrected chi connectivity index (χ3v) is 11.8. The van der Waals surface area contributed by atoms with Crippen molar-refractivity contribution in [3.63, 3.8) is 0 Å². The molecular weight excluding hydrogens is 789 g/mol. The predicted octanol–water partition coefficient (Wildman–Crippen LogP) is 9.18. The van der Waals surface area contributed by atoms with Crippen molar-refractivity contribution in [3.8, 4) is 22.6 Å². The van der Waals surface area contributed by atoms with Crippen LogP contribution < -0.4 is 0 Å². The minimum Gasteiger partial charge on any atom is -0.444 e. The van der Waals surface area contributed by atoms with Crippen molar-refractivity contribution < 1.29 is 37.5 Å². The quantitative estimate of drug-likeness (QED) is 0.168. The summed E-state index contributed by atoms with van der Waals surface area (Å²) in [7, 11) is 0. The normalized spacial score (nSPS) is 21.6. The van der Waals surface area contributed by atoms with E-state index in [1.54, 1.807) is 22.2 Å². The van der Waals surface area contributed by atoms with E-state index in [0.717, 1.165) is 49.7 Å². The number of amides is 4. The van der Waals surface area contributed by atoms with Crippen molar-refractivity contribution in [2.45, 2.75) is 129 Å². The van der Waals surface area contributed by atoms with Gasteiger partial charge in [-0.25, -0.2) is 19.6 Å². The maximum atomic E-state index is 13.5. The molecule has 62 heavy (non-hydrogen) atoms. The van der Waals surface area contributed by atoms with E-state index in [2.05, 4.69) is 33.6 Å². The second-order valence-electron chi connectivity index (χ2n) is 19.3. The molecule has 2 saturated heterocycles. The number of rotatable bonds is 8. The zero-order valence-electron chi connectivity index (χ0n) is 37.4. The molecule has 14 nitrogen and oxygen atoms in total. The van der Waals surface area contributed by atoms with E-state index in [1.165, 1.54) is 12.8 Å². The molecule has 2 aromatic heterocycles. The Morgan fingerprint density at radius 2 is 0.935 bits per heavy atom. The molecule has 2 saturated carbocycles. The lowest BCUT2D eigenvalue weighted by Gasteiger charge is -2.43. The Bertz CT molecular complexity index is 1980. The molecule has 4 aliphatic rings. The van der Waals surface area contributed by atoms with Gasteiger partial charge in [0.2, 0.25) is 0 Å². The minimum absolute atomic E-state index is 0.0641. The molecule has 0 spiro atoms. The monoisotopic (exact) mass is 850 g/mol. The lowest BCUT2D eigenvalue weighted by atomic mass is 9.91. The summed E-state index contributed by atoms with van der Waals surface area (Å²) in [5, 5.41) is 0. The summed E-state index contributed by atoms with van der Waals surface area (Å²) in [5.41, 5.74) is 2.13. The molecule has 4 amide bonds. The van der Waals surface area contributed by atoms with Crippen LogP contribution in [0.25, 0.3) is 22.6 Å². The van der Waals surface area contributed by atoms with Gasteiger partial charge in [-0.1, -0.05) is 38.1 Å². The molecule has 332 valence electrons. The van der Waals surface area contributed by atoms with E-state index in [9.17, 15) is 19.2 Å². The largest absolute Gasteiger partial charge is 0.444 e. The third-order valence-electron chi connectivity index (χ3n) is 11.8. The van der Waals surface area contributed by atoms with Crippen LogP contribution in [0.2, 0.25) is 0 Å². The topological polar surface area (TPSA) is 152 Å². The Hall–Kier alpha value is -5.66. The highest BCUT2D eigenvalue weighted by molar-refractivity contribution is 5.96. The van der Waals surface area contributed by atoms with E-state index in [0.29, 0.717) is 60.9 Å². The molecule has 4 aromatic rings. The first kappa shape index (κ1) is 44.4. The molecule has 0 radical (unpaired) electrons. The van der Waals surface area contributed by atoms with Crippen molar-refractivity contribution in [2.75, 3.05) is 26.2 Å². The van der Waals surface area contributed by atoms with Gasteiger partial charge in [-0.15, -0.1) is 0 Å². The van der Waals surface area contributed by atoms with Crippen LogP contribution in [0.5, 0.6) is 0 Å². The van der Waals surface area contributed by atoms with Crippen LogP contribution in [0.4, 0.5) is 9.59 Å². The Morgan fingerprint density at radius 1 is 0.581 bits per heavy atom. The smallest absolute Gasteiger partial charge is 0.410 e. The number of hydrogen-bond acceptors (Lipinski definition) is 10. The molecule has 0 bridgehead atoms. The summed E-state index contributed by atoms with van der Waals surface area (Å²) in [4.78, 5) is 67.4. The fourth-order valence-electron chi connectivity index (χ4n) is 8.53. The van der Waals surface area contributed by atoms with E-state index in [4.69, 9.17) is 18.3 Å². The van der Waals surface area contributed by atoms with Crippen molar-refractivity contribution >= 4 is 24.0 Å². The van der Waals surface area contributed by atoms with Gasteiger partial charge in [0.15, 0.2) is 24.3 Å². The number of piperidine rings is 2. The SMILES string of the molecule is C[C@@H]1CN(C(=O)OC(C)(C)C)CC[C@@H]1N(C(=O)c1ccc(-c2cnco2)cc1)C1CC1.C[C@H]1CN(C(=O)OC(C)(C)C)CC[C@H]1N(C(=O)c1ccc(-c2cnco2)cc1)C1CC1. The van der Waals surface area contributed by atoms with Gasteiger partial charge in [-0.2, -0.15) is 0 Å². The molecule has 4 heterocycles. The molecule has 2 aromatic carbocycles. The summed E-state index contributed by atoms with van der Waals surface area (Å²) in [5.74, 6) is 1.85. The maximum Gasteiger partial charge on any atom is 0.410 e. The zero-order chi connectivity index (χ0) is 44.3. The van der Waals surface area contributed by atoms with Crippen molar-refractivity contribution in [1.29, 1.82) is 0 Å². The first-order chi connectivity index (χ1) is 29.5. The van der Waals surface area contributed by atoms with Crippen molar-refractivity contribution in [2.24, 2.45) is 11.8 Å². The van der Waals surface area contributed by atoms with Crippen LogP contribution in [0.1, 0.15) is 115 Å². The number of oxazole rings is 2. The highest BCUT2D eigenvalue weighted by atomic mass is 16.6. The Labute approximate surface area is 364 Å². The number of aromatic nitrogens is 2. The number of likely N-dealkylation sites (tertiary alicyclic amines) is 2. The summed E-state index contributed by atoms with van der Waals surface area (Å²) in [6.07, 6.45) is 11.3. The second kappa shape index (κ2) is 18.4. The third kappa shape index (κ3) is 11.0. The fraction of sp³-hybridized carbons (Fsp3) is 0.542. The number of ether oxygens (including phenoxy) is 2.